The maximum absolute atomic E-state index is 12.1. The number of hydrogen-bond donors (Lipinski definition) is 0. The van der Waals surface area contributed by atoms with Crippen molar-refractivity contribution in [1.29, 1.82) is 0 Å². The van der Waals surface area contributed by atoms with Crippen molar-refractivity contribution >= 4 is 28.7 Å². The van der Waals surface area contributed by atoms with Gasteiger partial charge < -0.3 is 18.9 Å². The van der Waals surface area contributed by atoms with E-state index in [1.165, 1.54) is 20.8 Å². The van der Waals surface area contributed by atoms with Gasteiger partial charge in [0.2, 0.25) is 0 Å². The van der Waals surface area contributed by atoms with E-state index in [0.717, 1.165) is 21.9 Å². The maximum Gasteiger partial charge on any atom is 0.303 e. The van der Waals surface area contributed by atoms with Crippen molar-refractivity contribution in [2.45, 2.75) is 39.1 Å². The number of carbonyl (C=O) groups excluding carboxylic acids is 3. The van der Waals surface area contributed by atoms with Gasteiger partial charge in [-0.15, -0.1) is 0 Å². The van der Waals surface area contributed by atoms with Gasteiger partial charge in [0.05, 0.1) is 7.11 Å². The van der Waals surface area contributed by atoms with E-state index in [0.29, 0.717) is 16.9 Å². The molecule has 0 amide bonds. The molecular formula is C26H24O7. The second-order valence-corrected chi connectivity index (χ2v) is 7.83. The van der Waals surface area contributed by atoms with Crippen molar-refractivity contribution < 1.29 is 33.3 Å². The number of methoxy groups -OCH3 is 1. The molecule has 0 aliphatic heterocycles. The summed E-state index contributed by atoms with van der Waals surface area (Å²) >= 11 is 0. The normalized spacial score (nSPS) is 19.0. The summed E-state index contributed by atoms with van der Waals surface area (Å²) < 4.78 is 22.2. The van der Waals surface area contributed by atoms with Gasteiger partial charge in [0.25, 0.3) is 0 Å². The highest BCUT2D eigenvalue weighted by Gasteiger charge is 2.45. The Balaban J connectivity index is 2.04. The molecule has 0 unspecified atom stereocenters. The van der Waals surface area contributed by atoms with Crippen molar-refractivity contribution in [1.82, 2.24) is 0 Å². The Morgan fingerprint density at radius 3 is 1.97 bits per heavy atom. The standard InChI is InChI=1S/C26H24O7/c1-14(27)31-24-21-7-5-6-18-10-13-20(17-8-11-19(30-4)12-9-17)23(22(18)21)25(32-15(2)28)26(24)33-16(3)29/h5-13,24-26H,1-4H3/t24-,25-,26+/m0/s1. The Bertz CT molecular complexity index is 1230. The van der Waals surface area contributed by atoms with Crippen molar-refractivity contribution in [3.8, 4) is 16.9 Å². The number of rotatable bonds is 5. The van der Waals surface area contributed by atoms with Crippen LogP contribution in [0.15, 0.2) is 54.6 Å². The van der Waals surface area contributed by atoms with Crippen LogP contribution >= 0.6 is 0 Å². The molecule has 0 radical (unpaired) electrons. The fraction of sp³-hybridized carbons (Fsp3) is 0.269. The molecular weight excluding hydrogens is 424 g/mol. The van der Waals surface area contributed by atoms with E-state index in [2.05, 4.69) is 0 Å². The Morgan fingerprint density at radius 1 is 0.727 bits per heavy atom. The minimum absolute atomic E-state index is 0.537. The summed E-state index contributed by atoms with van der Waals surface area (Å²) in [5.74, 6) is -0.953. The average molecular weight is 448 g/mol. The molecule has 0 saturated carbocycles. The van der Waals surface area contributed by atoms with Gasteiger partial charge in [0.1, 0.15) is 5.75 Å². The predicted octanol–water partition coefficient (Wildman–Crippen LogP) is 4.67. The molecule has 0 N–H and O–H groups in total. The molecule has 3 aromatic carbocycles. The summed E-state index contributed by atoms with van der Waals surface area (Å²) in [6, 6.07) is 17.0. The van der Waals surface area contributed by atoms with Crippen LogP contribution in [-0.4, -0.2) is 31.1 Å². The third kappa shape index (κ3) is 4.26. The molecule has 0 spiro atoms. The Kier molecular flexibility index (Phi) is 6.05. The monoisotopic (exact) mass is 448 g/mol. The first-order valence-corrected chi connectivity index (χ1v) is 10.5. The molecule has 33 heavy (non-hydrogen) atoms. The molecule has 0 bridgehead atoms. The largest absolute Gasteiger partial charge is 0.497 e. The number of esters is 3. The summed E-state index contributed by atoms with van der Waals surface area (Å²) in [6.45, 7) is 3.84. The Morgan fingerprint density at radius 2 is 1.36 bits per heavy atom. The van der Waals surface area contributed by atoms with Crippen molar-refractivity contribution in [2.75, 3.05) is 7.11 Å². The van der Waals surface area contributed by atoms with Crippen LogP contribution in [0.3, 0.4) is 0 Å². The van der Waals surface area contributed by atoms with Crippen molar-refractivity contribution in [3.63, 3.8) is 0 Å². The lowest BCUT2D eigenvalue weighted by molar-refractivity contribution is -0.185. The molecule has 1 aliphatic rings. The molecule has 3 aromatic rings. The van der Waals surface area contributed by atoms with Crippen LogP contribution < -0.4 is 4.74 Å². The number of carbonyl (C=O) groups is 3. The minimum Gasteiger partial charge on any atom is -0.497 e. The van der Waals surface area contributed by atoms with Crippen LogP contribution in [-0.2, 0) is 28.6 Å². The van der Waals surface area contributed by atoms with E-state index in [-0.39, 0.29) is 0 Å². The van der Waals surface area contributed by atoms with E-state index in [4.69, 9.17) is 18.9 Å². The van der Waals surface area contributed by atoms with Crippen LogP contribution in [0.25, 0.3) is 21.9 Å². The topological polar surface area (TPSA) is 88.1 Å². The molecule has 1 aliphatic carbocycles. The summed E-state index contributed by atoms with van der Waals surface area (Å²) in [5.41, 5.74) is 3.05. The second-order valence-electron chi connectivity index (χ2n) is 7.83. The van der Waals surface area contributed by atoms with Crippen LogP contribution in [0.1, 0.15) is 44.1 Å². The van der Waals surface area contributed by atoms with E-state index in [9.17, 15) is 14.4 Å². The van der Waals surface area contributed by atoms with Crippen LogP contribution in [0.2, 0.25) is 0 Å². The van der Waals surface area contributed by atoms with E-state index in [1.54, 1.807) is 7.11 Å². The minimum atomic E-state index is -1.05. The van der Waals surface area contributed by atoms with E-state index in [1.807, 2.05) is 54.6 Å². The molecule has 7 nitrogen and oxygen atoms in total. The lowest BCUT2D eigenvalue weighted by Crippen LogP contribution is -2.38. The number of ether oxygens (including phenoxy) is 4. The Labute approximate surface area is 191 Å². The third-order valence-corrected chi connectivity index (χ3v) is 5.59. The number of hydrogen-bond acceptors (Lipinski definition) is 7. The average Bonchev–Trinajstić information content (AvgIpc) is 2.78. The smallest absolute Gasteiger partial charge is 0.303 e. The van der Waals surface area contributed by atoms with Crippen LogP contribution in [0, 0.1) is 0 Å². The van der Waals surface area contributed by atoms with Gasteiger partial charge in [-0.3, -0.25) is 14.4 Å². The third-order valence-electron chi connectivity index (χ3n) is 5.59. The van der Waals surface area contributed by atoms with E-state index >= 15 is 0 Å². The first-order valence-electron chi connectivity index (χ1n) is 10.5. The summed E-state index contributed by atoms with van der Waals surface area (Å²) in [7, 11) is 1.59. The molecule has 0 fully saturated rings. The van der Waals surface area contributed by atoms with Crippen LogP contribution in [0.5, 0.6) is 5.75 Å². The van der Waals surface area contributed by atoms with Crippen molar-refractivity contribution in [2.24, 2.45) is 0 Å². The molecule has 0 saturated heterocycles. The Hall–Kier alpha value is -3.87. The van der Waals surface area contributed by atoms with Crippen molar-refractivity contribution in [3.05, 3.63) is 65.7 Å². The zero-order valence-electron chi connectivity index (χ0n) is 18.8. The molecule has 0 aromatic heterocycles. The summed E-state index contributed by atoms with van der Waals surface area (Å²) in [6.07, 6.45) is -2.96. The first-order chi connectivity index (χ1) is 15.8. The molecule has 3 atom stereocenters. The van der Waals surface area contributed by atoms with Gasteiger partial charge in [-0.05, 0) is 34.0 Å². The van der Waals surface area contributed by atoms with Gasteiger partial charge in [0.15, 0.2) is 18.3 Å². The lowest BCUT2D eigenvalue weighted by atomic mass is 9.79. The van der Waals surface area contributed by atoms with E-state index < -0.39 is 36.2 Å². The van der Waals surface area contributed by atoms with Gasteiger partial charge in [-0.2, -0.15) is 0 Å². The summed E-state index contributed by atoms with van der Waals surface area (Å²) in [5, 5.41) is 1.68. The highest BCUT2D eigenvalue weighted by molar-refractivity contribution is 5.96. The van der Waals surface area contributed by atoms with Crippen LogP contribution in [0.4, 0.5) is 0 Å². The molecule has 0 heterocycles. The first kappa shape index (κ1) is 22.3. The molecule has 170 valence electrons. The van der Waals surface area contributed by atoms with Gasteiger partial charge >= 0.3 is 17.9 Å². The summed E-state index contributed by atoms with van der Waals surface area (Å²) in [4.78, 5) is 36.2. The highest BCUT2D eigenvalue weighted by Crippen LogP contribution is 2.49. The van der Waals surface area contributed by atoms with Gasteiger partial charge in [-0.1, -0.05) is 42.5 Å². The number of benzene rings is 3. The second kappa shape index (κ2) is 8.94. The molecule has 7 heteroatoms. The predicted molar refractivity (Wildman–Crippen MR) is 121 cm³/mol. The zero-order chi connectivity index (χ0) is 23.7. The fourth-order valence-corrected chi connectivity index (χ4v) is 4.42. The fourth-order valence-electron chi connectivity index (χ4n) is 4.42. The highest BCUT2D eigenvalue weighted by atomic mass is 16.6. The maximum atomic E-state index is 12.1. The quantitative estimate of drug-likeness (QED) is 0.414. The lowest BCUT2D eigenvalue weighted by Gasteiger charge is -2.38. The van der Waals surface area contributed by atoms with Gasteiger partial charge in [-0.25, -0.2) is 0 Å². The SMILES string of the molecule is COc1ccc(-c2ccc3cccc4c3c2[C@H](OC(C)=O)[C@H](OC(C)=O)[C@H]4OC(C)=O)cc1. The zero-order valence-corrected chi connectivity index (χ0v) is 18.8. The molecule has 4 rings (SSSR count). The van der Waals surface area contributed by atoms with Gasteiger partial charge in [0, 0.05) is 31.9 Å².